The average Bonchev–Trinajstić information content (AvgIpc) is 3.15. The number of hydrogen-bond acceptors (Lipinski definition) is 4. The standard InChI is InChI=1S/C26H27N3O3/c1-18-12-13-20(19(2)16-18)26(30)27-17-25-28-21-8-4-5-9-22(21)29(25)14-15-32-24-11-7-6-10-23(24)31-3/h4-13,16H,14-15,17H2,1-3H3,(H,27,30). The molecule has 0 radical (unpaired) electrons. The van der Waals surface area contributed by atoms with Gasteiger partial charge in [0.25, 0.3) is 5.91 Å². The van der Waals surface area contributed by atoms with E-state index in [1.165, 1.54) is 0 Å². The molecule has 0 saturated heterocycles. The highest BCUT2D eigenvalue weighted by atomic mass is 16.5. The van der Waals surface area contributed by atoms with Crippen LogP contribution in [0.4, 0.5) is 0 Å². The first kappa shape index (κ1) is 21.4. The zero-order valence-corrected chi connectivity index (χ0v) is 18.6. The number of methoxy groups -OCH3 is 1. The summed E-state index contributed by atoms with van der Waals surface area (Å²) in [4.78, 5) is 17.5. The molecule has 32 heavy (non-hydrogen) atoms. The van der Waals surface area contributed by atoms with Crippen molar-refractivity contribution < 1.29 is 14.3 Å². The van der Waals surface area contributed by atoms with Crippen molar-refractivity contribution in [2.45, 2.75) is 26.9 Å². The molecule has 6 nitrogen and oxygen atoms in total. The monoisotopic (exact) mass is 429 g/mol. The normalized spacial score (nSPS) is 10.8. The number of nitrogens with zero attached hydrogens (tertiary/aromatic N) is 2. The van der Waals surface area contributed by atoms with Gasteiger partial charge in [0.2, 0.25) is 0 Å². The number of benzene rings is 3. The second-order valence-corrected chi connectivity index (χ2v) is 7.67. The maximum atomic E-state index is 12.8. The lowest BCUT2D eigenvalue weighted by molar-refractivity contribution is 0.0949. The highest BCUT2D eigenvalue weighted by molar-refractivity contribution is 5.95. The number of carbonyl (C=O) groups is 1. The number of fused-ring (bicyclic) bond motifs is 1. The smallest absolute Gasteiger partial charge is 0.251 e. The Hall–Kier alpha value is -3.80. The average molecular weight is 430 g/mol. The number of aryl methyl sites for hydroxylation is 2. The van der Waals surface area contributed by atoms with Crippen LogP contribution in [0.1, 0.15) is 27.3 Å². The number of rotatable bonds is 8. The van der Waals surface area contributed by atoms with E-state index in [0.717, 1.165) is 28.0 Å². The van der Waals surface area contributed by atoms with Gasteiger partial charge in [0, 0.05) is 5.56 Å². The van der Waals surface area contributed by atoms with Gasteiger partial charge >= 0.3 is 0 Å². The SMILES string of the molecule is COc1ccccc1OCCn1c(CNC(=O)c2ccc(C)cc2C)nc2ccccc21. The first-order valence-corrected chi connectivity index (χ1v) is 10.6. The quantitative estimate of drug-likeness (QED) is 0.442. The second-order valence-electron chi connectivity index (χ2n) is 7.67. The maximum Gasteiger partial charge on any atom is 0.251 e. The zero-order chi connectivity index (χ0) is 22.5. The Morgan fingerprint density at radius 3 is 2.53 bits per heavy atom. The van der Waals surface area contributed by atoms with E-state index >= 15 is 0 Å². The van der Waals surface area contributed by atoms with Gasteiger partial charge in [-0.1, -0.05) is 42.0 Å². The zero-order valence-electron chi connectivity index (χ0n) is 18.6. The largest absolute Gasteiger partial charge is 0.493 e. The van der Waals surface area contributed by atoms with Gasteiger partial charge in [0.15, 0.2) is 11.5 Å². The lowest BCUT2D eigenvalue weighted by Crippen LogP contribution is -2.26. The van der Waals surface area contributed by atoms with Crippen LogP contribution in [0.3, 0.4) is 0 Å². The van der Waals surface area contributed by atoms with Crippen LogP contribution in [0.25, 0.3) is 11.0 Å². The van der Waals surface area contributed by atoms with Gasteiger partial charge in [-0.25, -0.2) is 4.98 Å². The Labute approximate surface area is 187 Å². The van der Waals surface area contributed by atoms with Crippen LogP contribution in [0.5, 0.6) is 11.5 Å². The number of nitrogens with one attached hydrogen (secondary N) is 1. The van der Waals surface area contributed by atoms with E-state index in [-0.39, 0.29) is 5.91 Å². The van der Waals surface area contributed by atoms with Gasteiger partial charge in [0.1, 0.15) is 12.4 Å². The maximum absolute atomic E-state index is 12.8. The second kappa shape index (κ2) is 9.56. The molecule has 0 saturated carbocycles. The van der Waals surface area contributed by atoms with Crippen molar-refractivity contribution in [1.29, 1.82) is 0 Å². The Bertz CT molecular complexity index is 1250. The van der Waals surface area contributed by atoms with Crippen LogP contribution < -0.4 is 14.8 Å². The van der Waals surface area contributed by atoms with Gasteiger partial charge in [-0.2, -0.15) is 0 Å². The van der Waals surface area contributed by atoms with E-state index in [4.69, 9.17) is 14.5 Å². The van der Waals surface area contributed by atoms with E-state index in [2.05, 4.69) is 9.88 Å². The molecule has 0 aliphatic heterocycles. The Balaban J connectivity index is 1.50. The predicted molar refractivity (Wildman–Crippen MR) is 125 cm³/mol. The summed E-state index contributed by atoms with van der Waals surface area (Å²) in [6, 6.07) is 21.4. The molecule has 4 rings (SSSR count). The molecule has 0 fully saturated rings. The van der Waals surface area contributed by atoms with Crippen LogP contribution in [-0.2, 0) is 13.1 Å². The minimum Gasteiger partial charge on any atom is -0.493 e. The molecule has 164 valence electrons. The number of aromatic nitrogens is 2. The van der Waals surface area contributed by atoms with Crippen molar-refractivity contribution in [2.24, 2.45) is 0 Å². The molecule has 0 aliphatic carbocycles. The van der Waals surface area contributed by atoms with Crippen molar-refractivity contribution in [3.05, 3.63) is 89.2 Å². The third-order valence-electron chi connectivity index (χ3n) is 5.41. The number of hydrogen-bond donors (Lipinski definition) is 1. The molecule has 0 atom stereocenters. The fraction of sp³-hybridized carbons (Fsp3) is 0.231. The minimum atomic E-state index is -0.105. The first-order chi connectivity index (χ1) is 15.6. The molecule has 6 heteroatoms. The van der Waals surface area contributed by atoms with Crippen LogP contribution in [-0.4, -0.2) is 29.2 Å². The van der Waals surface area contributed by atoms with E-state index in [1.807, 2.05) is 80.6 Å². The van der Waals surface area contributed by atoms with Gasteiger partial charge in [-0.15, -0.1) is 0 Å². The summed E-state index contributed by atoms with van der Waals surface area (Å²) in [6.07, 6.45) is 0. The van der Waals surface area contributed by atoms with Crippen molar-refractivity contribution in [3.63, 3.8) is 0 Å². The summed E-state index contributed by atoms with van der Waals surface area (Å²) >= 11 is 0. The van der Waals surface area contributed by atoms with Crippen LogP contribution >= 0.6 is 0 Å². The highest BCUT2D eigenvalue weighted by Crippen LogP contribution is 2.26. The van der Waals surface area contributed by atoms with Crippen molar-refractivity contribution in [3.8, 4) is 11.5 Å². The van der Waals surface area contributed by atoms with Crippen molar-refractivity contribution in [2.75, 3.05) is 13.7 Å². The molecule has 1 N–H and O–H groups in total. The molecule has 4 aromatic rings. The number of carbonyl (C=O) groups excluding carboxylic acids is 1. The first-order valence-electron chi connectivity index (χ1n) is 10.6. The predicted octanol–water partition coefficient (Wildman–Crippen LogP) is 4.67. The summed E-state index contributed by atoms with van der Waals surface area (Å²) in [7, 11) is 1.63. The Morgan fingerprint density at radius 1 is 1.00 bits per heavy atom. The molecule has 0 unspecified atom stereocenters. The van der Waals surface area contributed by atoms with Crippen molar-refractivity contribution in [1.82, 2.24) is 14.9 Å². The summed E-state index contributed by atoms with van der Waals surface area (Å²) in [6.45, 7) is 5.33. The van der Waals surface area contributed by atoms with Crippen LogP contribution in [0, 0.1) is 13.8 Å². The summed E-state index contributed by atoms with van der Waals surface area (Å²) in [5, 5.41) is 3.02. The van der Waals surface area contributed by atoms with Gasteiger partial charge in [0.05, 0.1) is 31.2 Å². The third kappa shape index (κ3) is 4.59. The lowest BCUT2D eigenvalue weighted by atomic mass is 10.1. The number of ether oxygens (including phenoxy) is 2. The fourth-order valence-corrected chi connectivity index (χ4v) is 3.82. The van der Waals surface area contributed by atoms with Gasteiger partial charge in [-0.05, 0) is 49.7 Å². The van der Waals surface area contributed by atoms with E-state index in [0.29, 0.717) is 36.8 Å². The molecule has 3 aromatic carbocycles. The molecule has 1 amide bonds. The molecule has 0 bridgehead atoms. The lowest BCUT2D eigenvalue weighted by Gasteiger charge is -2.13. The summed E-state index contributed by atoms with van der Waals surface area (Å²) in [5.41, 5.74) is 4.67. The topological polar surface area (TPSA) is 65.4 Å². The summed E-state index contributed by atoms with van der Waals surface area (Å²) < 4.78 is 13.4. The molecule has 1 heterocycles. The van der Waals surface area contributed by atoms with Crippen molar-refractivity contribution >= 4 is 16.9 Å². The van der Waals surface area contributed by atoms with Crippen LogP contribution in [0.15, 0.2) is 66.7 Å². The van der Waals surface area contributed by atoms with Gasteiger partial charge < -0.3 is 19.4 Å². The minimum absolute atomic E-state index is 0.105. The molecular weight excluding hydrogens is 402 g/mol. The number of imidazole rings is 1. The third-order valence-corrected chi connectivity index (χ3v) is 5.41. The van der Waals surface area contributed by atoms with Crippen LogP contribution in [0.2, 0.25) is 0 Å². The summed E-state index contributed by atoms with van der Waals surface area (Å²) in [5.74, 6) is 2.08. The Kier molecular flexibility index (Phi) is 6.40. The molecule has 1 aromatic heterocycles. The van der Waals surface area contributed by atoms with E-state index in [9.17, 15) is 4.79 Å². The highest BCUT2D eigenvalue weighted by Gasteiger charge is 2.14. The Morgan fingerprint density at radius 2 is 1.75 bits per heavy atom. The fourth-order valence-electron chi connectivity index (χ4n) is 3.82. The van der Waals surface area contributed by atoms with Gasteiger partial charge in [-0.3, -0.25) is 4.79 Å². The van der Waals surface area contributed by atoms with E-state index < -0.39 is 0 Å². The number of para-hydroxylation sites is 4. The van der Waals surface area contributed by atoms with E-state index in [1.54, 1.807) is 7.11 Å². The molecule has 0 spiro atoms. The number of amides is 1. The molecular formula is C26H27N3O3. The molecule has 0 aliphatic rings.